The summed E-state index contributed by atoms with van der Waals surface area (Å²) in [6, 6.07) is 5.66. The highest BCUT2D eigenvalue weighted by molar-refractivity contribution is 5.29. The molecule has 0 radical (unpaired) electrons. The molecule has 21 heavy (non-hydrogen) atoms. The van der Waals surface area contributed by atoms with Crippen LogP contribution in [0.3, 0.4) is 0 Å². The van der Waals surface area contributed by atoms with Gasteiger partial charge in [0.25, 0.3) is 0 Å². The summed E-state index contributed by atoms with van der Waals surface area (Å²) in [4.78, 5) is 39.3. The highest BCUT2D eigenvalue weighted by Gasteiger charge is 2.30. The molecule has 0 spiro atoms. The van der Waals surface area contributed by atoms with Gasteiger partial charge >= 0.3 is 17.1 Å². The van der Waals surface area contributed by atoms with E-state index in [9.17, 15) is 19.5 Å². The third kappa shape index (κ3) is 2.96. The van der Waals surface area contributed by atoms with Gasteiger partial charge in [0.15, 0.2) is 0 Å². The zero-order chi connectivity index (χ0) is 15.8. The summed E-state index contributed by atoms with van der Waals surface area (Å²) in [6.07, 6.45) is 0. The number of aromatic nitrogens is 3. The molecule has 1 atom stereocenters. The molecule has 0 fully saturated rings. The van der Waals surface area contributed by atoms with Crippen molar-refractivity contribution in [3.05, 3.63) is 61.3 Å². The van der Waals surface area contributed by atoms with Gasteiger partial charge in [0, 0.05) is 0 Å². The highest BCUT2D eigenvalue weighted by atomic mass is 16.3. The van der Waals surface area contributed by atoms with Gasteiger partial charge in [0.2, 0.25) is 0 Å². The van der Waals surface area contributed by atoms with E-state index < -0.39 is 28.5 Å². The highest BCUT2D eigenvalue weighted by Crippen LogP contribution is 2.35. The van der Waals surface area contributed by atoms with Crippen LogP contribution in [0.25, 0.3) is 0 Å². The first kappa shape index (κ1) is 14.8. The Morgan fingerprint density at radius 2 is 1.48 bits per heavy atom. The van der Waals surface area contributed by atoms with Crippen LogP contribution in [-0.4, -0.2) is 19.6 Å². The maximum atomic E-state index is 12.0. The van der Waals surface area contributed by atoms with E-state index in [4.69, 9.17) is 0 Å². The first-order valence-electron chi connectivity index (χ1n) is 6.44. The van der Waals surface area contributed by atoms with Gasteiger partial charge < -0.3 is 5.11 Å². The zero-order valence-electron chi connectivity index (χ0n) is 12.0. The molecule has 0 aliphatic carbocycles. The van der Waals surface area contributed by atoms with Crippen LogP contribution < -0.4 is 17.1 Å². The summed E-state index contributed by atoms with van der Waals surface area (Å²) in [5.41, 5.74) is -2.15. The molecule has 2 rings (SSSR count). The zero-order valence-corrected chi connectivity index (χ0v) is 12.0. The monoisotopic (exact) mass is 291 g/mol. The van der Waals surface area contributed by atoms with E-state index in [0.717, 1.165) is 4.57 Å². The number of nitrogens with one attached hydrogen (secondary N) is 2. The van der Waals surface area contributed by atoms with Crippen LogP contribution in [-0.2, 0) is 0 Å². The largest absolute Gasteiger partial charge is 0.508 e. The Hall–Kier alpha value is -2.57. The van der Waals surface area contributed by atoms with Gasteiger partial charge in [-0.3, -0.25) is 9.97 Å². The number of phenols is 1. The molecule has 0 amide bonds. The number of rotatable bonds is 2. The van der Waals surface area contributed by atoms with Gasteiger partial charge in [0.05, 0.1) is 6.04 Å². The minimum atomic E-state index is -0.834. The molecule has 2 aromatic rings. The van der Waals surface area contributed by atoms with Gasteiger partial charge in [0.1, 0.15) is 5.75 Å². The Labute approximate surface area is 119 Å². The fourth-order valence-corrected chi connectivity index (χ4v) is 2.37. The van der Waals surface area contributed by atoms with Crippen LogP contribution in [0.2, 0.25) is 0 Å². The molecule has 0 aliphatic heterocycles. The number of hydrogen-bond acceptors (Lipinski definition) is 4. The molecule has 0 bridgehead atoms. The van der Waals surface area contributed by atoms with Crippen molar-refractivity contribution < 1.29 is 5.11 Å². The number of phenolic OH excluding ortho intramolecular Hbond substituents is 1. The molecule has 1 aromatic heterocycles. The standard InChI is InChI=1S/C14H17N3O4/c1-14(2,3)10(8-4-6-9(18)7-5-8)17-12(20)15-11(19)16-13(17)21/h4-7,10,18H,1-3H3,(H2,15,16,19,20,21). The average molecular weight is 291 g/mol. The lowest BCUT2D eigenvalue weighted by Crippen LogP contribution is -2.48. The molecule has 1 unspecified atom stereocenters. The van der Waals surface area contributed by atoms with E-state index in [-0.39, 0.29) is 5.75 Å². The van der Waals surface area contributed by atoms with E-state index >= 15 is 0 Å². The second kappa shape index (κ2) is 5.08. The van der Waals surface area contributed by atoms with Gasteiger partial charge in [-0.2, -0.15) is 0 Å². The van der Waals surface area contributed by atoms with Crippen molar-refractivity contribution in [2.24, 2.45) is 5.41 Å². The van der Waals surface area contributed by atoms with E-state index in [1.807, 2.05) is 20.8 Å². The lowest BCUT2D eigenvalue weighted by Gasteiger charge is -2.31. The van der Waals surface area contributed by atoms with E-state index in [1.165, 1.54) is 12.1 Å². The Morgan fingerprint density at radius 3 is 1.90 bits per heavy atom. The smallest absolute Gasteiger partial charge is 0.334 e. The van der Waals surface area contributed by atoms with Gasteiger partial charge in [-0.1, -0.05) is 32.9 Å². The maximum absolute atomic E-state index is 12.0. The van der Waals surface area contributed by atoms with E-state index in [2.05, 4.69) is 9.97 Å². The lowest BCUT2D eigenvalue weighted by atomic mass is 9.82. The number of aromatic hydroxyl groups is 1. The predicted octanol–water partition coefficient (Wildman–Crippen LogP) is 0.566. The molecule has 7 nitrogen and oxygen atoms in total. The summed E-state index contributed by atoms with van der Waals surface area (Å²) in [7, 11) is 0. The molecular weight excluding hydrogens is 274 g/mol. The van der Waals surface area contributed by atoms with Crippen LogP contribution in [0.4, 0.5) is 0 Å². The summed E-state index contributed by atoms with van der Waals surface area (Å²) in [6.45, 7) is 5.63. The predicted molar refractivity (Wildman–Crippen MR) is 77.6 cm³/mol. The Kier molecular flexibility index (Phi) is 3.59. The van der Waals surface area contributed by atoms with Crippen molar-refractivity contribution in [3.8, 4) is 5.75 Å². The summed E-state index contributed by atoms with van der Waals surface area (Å²) >= 11 is 0. The number of benzene rings is 1. The minimum Gasteiger partial charge on any atom is -0.508 e. The van der Waals surface area contributed by atoms with Crippen LogP contribution in [0, 0.1) is 5.41 Å². The second-order valence-corrected chi connectivity index (χ2v) is 5.92. The average Bonchev–Trinajstić information content (AvgIpc) is 2.33. The molecule has 0 aliphatic rings. The molecule has 3 N–H and O–H groups in total. The Bertz CT molecular complexity index is 772. The fourth-order valence-electron chi connectivity index (χ4n) is 2.37. The SMILES string of the molecule is CC(C)(C)C(c1ccc(O)cc1)n1c(=O)[nH]c(=O)[nH]c1=O. The lowest BCUT2D eigenvalue weighted by molar-refractivity contribution is 0.267. The summed E-state index contributed by atoms with van der Waals surface area (Å²) < 4.78 is 0.980. The van der Waals surface area contributed by atoms with Crippen molar-refractivity contribution in [2.45, 2.75) is 26.8 Å². The summed E-state index contributed by atoms with van der Waals surface area (Å²) in [5, 5.41) is 9.37. The molecular formula is C14H17N3O4. The molecule has 1 aromatic carbocycles. The molecule has 0 saturated carbocycles. The van der Waals surface area contributed by atoms with E-state index in [0.29, 0.717) is 5.56 Å². The van der Waals surface area contributed by atoms with Crippen molar-refractivity contribution in [1.29, 1.82) is 0 Å². The normalized spacial score (nSPS) is 13.1. The fraction of sp³-hybridized carbons (Fsp3) is 0.357. The van der Waals surface area contributed by atoms with Gasteiger partial charge in [-0.25, -0.2) is 19.0 Å². The van der Waals surface area contributed by atoms with Crippen LogP contribution in [0.15, 0.2) is 38.6 Å². The van der Waals surface area contributed by atoms with E-state index in [1.54, 1.807) is 12.1 Å². The molecule has 7 heteroatoms. The van der Waals surface area contributed by atoms with Crippen LogP contribution in [0.1, 0.15) is 32.4 Å². The van der Waals surface area contributed by atoms with Crippen molar-refractivity contribution in [3.63, 3.8) is 0 Å². The van der Waals surface area contributed by atoms with Crippen molar-refractivity contribution >= 4 is 0 Å². The maximum Gasteiger partial charge on any atom is 0.334 e. The number of H-pyrrole nitrogens is 2. The first-order chi connectivity index (χ1) is 9.70. The number of nitrogens with zero attached hydrogens (tertiary/aromatic N) is 1. The summed E-state index contributed by atoms with van der Waals surface area (Å²) in [5.74, 6) is 0.0918. The molecule has 0 saturated heterocycles. The third-order valence-electron chi connectivity index (χ3n) is 3.17. The first-order valence-corrected chi connectivity index (χ1v) is 6.44. The van der Waals surface area contributed by atoms with Crippen molar-refractivity contribution in [2.75, 3.05) is 0 Å². The van der Waals surface area contributed by atoms with Gasteiger partial charge in [-0.15, -0.1) is 0 Å². The third-order valence-corrected chi connectivity index (χ3v) is 3.17. The Morgan fingerprint density at radius 1 is 1.00 bits per heavy atom. The topological polar surface area (TPSA) is 108 Å². The number of aromatic amines is 2. The van der Waals surface area contributed by atoms with Crippen molar-refractivity contribution in [1.82, 2.24) is 14.5 Å². The molecule has 1 heterocycles. The Balaban J connectivity index is 2.74. The minimum absolute atomic E-state index is 0.0918. The van der Waals surface area contributed by atoms with Crippen LogP contribution in [0.5, 0.6) is 5.75 Å². The second-order valence-electron chi connectivity index (χ2n) is 5.92. The number of hydrogen-bond donors (Lipinski definition) is 3. The van der Waals surface area contributed by atoms with Crippen LogP contribution >= 0.6 is 0 Å². The molecule has 112 valence electrons. The van der Waals surface area contributed by atoms with Gasteiger partial charge in [-0.05, 0) is 23.1 Å². The quantitative estimate of drug-likeness (QED) is 0.751.